The summed E-state index contributed by atoms with van der Waals surface area (Å²) in [5.41, 5.74) is 2.10. The second-order valence-corrected chi connectivity index (χ2v) is 4.24. The van der Waals surface area contributed by atoms with Crippen molar-refractivity contribution in [2.45, 2.75) is 31.3 Å². The van der Waals surface area contributed by atoms with E-state index in [0.29, 0.717) is 5.92 Å². The third-order valence-electron chi connectivity index (χ3n) is 2.96. The van der Waals surface area contributed by atoms with E-state index in [1.807, 2.05) is 24.3 Å². The number of aliphatic hydroxyl groups excluding tert-OH is 1. The first kappa shape index (κ1) is 11.1. The zero-order chi connectivity index (χ0) is 11.5. The lowest BCUT2D eigenvalue weighted by Gasteiger charge is -2.10. The predicted molar refractivity (Wildman–Crippen MR) is 60.0 cm³/mol. The molecule has 1 atom stereocenters. The van der Waals surface area contributed by atoms with Crippen LogP contribution in [0.4, 0.5) is 0 Å². The average molecular weight is 220 g/mol. The number of hydrogen-bond donors (Lipinski definition) is 1. The van der Waals surface area contributed by atoms with Crippen molar-refractivity contribution < 1.29 is 14.6 Å². The fraction of sp³-hybridized carbons (Fsp3) is 0.462. The van der Waals surface area contributed by atoms with Crippen LogP contribution < -0.4 is 0 Å². The lowest BCUT2D eigenvalue weighted by molar-refractivity contribution is -0.142. The van der Waals surface area contributed by atoms with Crippen molar-refractivity contribution in [1.29, 1.82) is 0 Å². The summed E-state index contributed by atoms with van der Waals surface area (Å²) in [6.45, 7) is 0. The summed E-state index contributed by atoms with van der Waals surface area (Å²) in [5, 5.41) is 9.77. The van der Waals surface area contributed by atoms with Crippen molar-refractivity contribution in [3.8, 4) is 0 Å². The highest BCUT2D eigenvalue weighted by Gasteiger charge is 2.23. The number of aliphatic hydroxyl groups is 1. The van der Waals surface area contributed by atoms with Gasteiger partial charge in [-0.05, 0) is 29.9 Å². The van der Waals surface area contributed by atoms with Crippen LogP contribution in [0.3, 0.4) is 0 Å². The van der Waals surface area contributed by atoms with E-state index in [-0.39, 0.29) is 6.42 Å². The predicted octanol–water partition coefficient (Wildman–Crippen LogP) is 2.16. The van der Waals surface area contributed by atoms with Crippen LogP contribution in [0.25, 0.3) is 0 Å². The Hall–Kier alpha value is -1.35. The Labute approximate surface area is 95.0 Å². The Kier molecular flexibility index (Phi) is 3.25. The maximum Gasteiger partial charge on any atom is 0.308 e. The molecule has 1 aromatic rings. The van der Waals surface area contributed by atoms with Gasteiger partial charge in [0.15, 0.2) is 0 Å². The van der Waals surface area contributed by atoms with Crippen molar-refractivity contribution >= 4 is 5.97 Å². The first-order valence-electron chi connectivity index (χ1n) is 5.55. The number of ether oxygens (including phenoxy) is 1. The standard InChI is InChI=1S/C13H16O3/c1-16-13(15)8-12(14)11-6-4-10(5-7-11)9-2-3-9/h4-7,9,12,14H,2-3,8H2,1H3/t12-/m1/s1. The molecule has 16 heavy (non-hydrogen) atoms. The molecule has 0 spiro atoms. The number of methoxy groups -OCH3 is 1. The molecule has 0 bridgehead atoms. The largest absolute Gasteiger partial charge is 0.469 e. The van der Waals surface area contributed by atoms with Crippen molar-refractivity contribution in [3.63, 3.8) is 0 Å². The van der Waals surface area contributed by atoms with Gasteiger partial charge < -0.3 is 9.84 Å². The lowest BCUT2D eigenvalue weighted by atomic mass is 10.0. The fourth-order valence-corrected chi connectivity index (χ4v) is 1.77. The van der Waals surface area contributed by atoms with Crippen LogP contribution in [0.2, 0.25) is 0 Å². The lowest BCUT2D eigenvalue weighted by Crippen LogP contribution is -2.07. The van der Waals surface area contributed by atoms with Gasteiger partial charge in [0, 0.05) is 0 Å². The third-order valence-corrected chi connectivity index (χ3v) is 2.96. The highest BCUT2D eigenvalue weighted by Crippen LogP contribution is 2.40. The minimum absolute atomic E-state index is 0.0132. The fourth-order valence-electron chi connectivity index (χ4n) is 1.77. The minimum atomic E-state index is -0.763. The monoisotopic (exact) mass is 220 g/mol. The van der Waals surface area contributed by atoms with Crippen LogP contribution in [0.15, 0.2) is 24.3 Å². The third kappa shape index (κ3) is 2.61. The molecule has 0 heterocycles. The summed E-state index contributed by atoms with van der Waals surface area (Å²) in [6, 6.07) is 7.85. The maximum atomic E-state index is 11.0. The summed E-state index contributed by atoms with van der Waals surface area (Å²) in [4.78, 5) is 11.0. The molecule has 1 aromatic carbocycles. The Morgan fingerprint density at radius 3 is 2.56 bits per heavy atom. The number of benzene rings is 1. The van der Waals surface area contributed by atoms with Gasteiger partial charge >= 0.3 is 5.97 Å². The first-order chi connectivity index (χ1) is 7.70. The molecule has 0 aromatic heterocycles. The molecule has 1 aliphatic rings. The van der Waals surface area contributed by atoms with Crippen molar-refractivity contribution in [2.24, 2.45) is 0 Å². The topological polar surface area (TPSA) is 46.5 Å². The van der Waals surface area contributed by atoms with Gasteiger partial charge in [0.05, 0.1) is 19.6 Å². The van der Waals surface area contributed by atoms with Crippen LogP contribution in [0.1, 0.15) is 42.4 Å². The van der Waals surface area contributed by atoms with Gasteiger partial charge in [-0.25, -0.2) is 0 Å². The Balaban J connectivity index is 1.99. The molecule has 1 N–H and O–H groups in total. The number of hydrogen-bond acceptors (Lipinski definition) is 3. The van der Waals surface area contributed by atoms with Crippen LogP contribution in [0.5, 0.6) is 0 Å². The Morgan fingerprint density at radius 1 is 1.44 bits per heavy atom. The molecule has 1 saturated carbocycles. The summed E-state index contributed by atoms with van der Waals surface area (Å²) >= 11 is 0. The van der Waals surface area contributed by atoms with Crippen molar-refractivity contribution in [3.05, 3.63) is 35.4 Å². The van der Waals surface area contributed by atoms with Gasteiger partial charge in [-0.15, -0.1) is 0 Å². The molecular formula is C13H16O3. The van der Waals surface area contributed by atoms with Gasteiger partial charge in [-0.3, -0.25) is 4.79 Å². The van der Waals surface area contributed by atoms with E-state index < -0.39 is 12.1 Å². The zero-order valence-corrected chi connectivity index (χ0v) is 9.35. The van der Waals surface area contributed by atoms with E-state index in [2.05, 4.69) is 4.74 Å². The quantitative estimate of drug-likeness (QED) is 0.791. The summed E-state index contributed by atoms with van der Waals surface area (Å²) < 4.78 is 4.52. The highest BCUT2D eigenvalue weighted by molar-refractivity contribution is 5.70. The van der Waals surface area contributed by atoms with Crippen molar-refractivity contribution in [1.82, 2.24) is 0 Å². The van der Waals surface area contributed by atoms with E-state index in [0.717, 1.165) is 5.56 Å². The second kappa shape index (κ2) is 4.66. The van der Waals surface area contributed by atoms with Gasteiger partial charge in [-0.1, -0.05) is 24.3 Å². The molecule has 1 aliphatic carbocycles. The molecule has 0 unspecified atom stereocenters. The van der Waals surface area contributed by atoms with Gasteiger partial charge in [0.1, 0.15) is 0 Å². The normalized spacial score (nSPS) is 16.9. The van der Waals surface area contributed by atoms with Gasteiger partial charge in [-0.2, -0.15) is 0 Å². The maximum absolute atomic E-state index is 11.0. The Morgan fingerprint density at radius 2 is 2.06 bits per heavy atom. The number of esters is 1. The van der Waals surface area contributed by atoms with E-state index >= 15 is 0 Å². The smallest absolute Gasteiger partial charge is 0.308 e. The summed E-state index contributed by atoms with van der Waals surface area (Å²) in [5.74, 6) is 0.325. The average Bonchev–Trinajstić information content (AvgIpc) is 3.13. The Bertz CT molecular complexity index is 365. The van der Waals surface area contributed by atoms with E-state index in [1.54, 1.807) is 0 Å². The van der Waals surface area contributed by atoms with Crippen LogP contribution in [-0.2, 0) is 9.53 Å². The molecule has 3 nitrogen and oxygen atoms in total. The second-order valence-electron chi connectivity index (χ2n) is 4.24. The molecule has 0 saturated heterocycles. The highest BCUT2D eigenvalue weighted by atomic mass is 16.5. The number of carbonyl (C=O) groups excluding carboxylic acids is 1. The van der Waals surface area contributed by atoms with E-state index in [4.69, 9.17) is 0 Å². The van der Waals surface area contributed by atoms with Crippen LogP contribution in [0, 0.1) is 0 Å². The zero-order valence-electron chi connectivity index (χ0n) is 9.35. The van der Waals surface area contributed by atoms with Crippen LogP contribution >= 0.6 is 0 Å². The van der Waals surface area contributed by atoms with Crippen LogP contribution in [-0.4, -0.2) is 18.2 Å². The van der Waals surface area contributed by atoms with Crippen molar-refractivity contribution in [2.75, 3.05) is 7.11 Å². The number of carbonyl (C=O) groups is 1. The SMILES string of the molecule is COC(=O)C[C@@H](O)c1ccc(C2CC2)cc1. The van der Waals surface area contributed by atoms with E-state index in [9.17, 15) is 9.90 Å². The molecule has 3 heteroatoms. The molecule has 2 rings (SSSR count). The molecule has 1 fully saturated rings. The molecule has 0 amide bonds. The van der Waals surface area contributed by atoms with Gasteiger partial charge in [0.2, 0.25) is 0 Å². The molecule has 86 valence electrons. The first-order valence-corrected chi connectivity index (χ1v) is 5.55. The summed E-state index contributed by atoms with van der Waals surface area (Å²) in [7, 11) is 1.32. The minimum Gasteiger partial charge on any atom is -0.469 e. The molecule has 0 radical (unpaired) electrons. The number of rotatable bonds is 4. The summed E-state index contributed by atoms with van der Waals surface area (Å²) in [6.07, 6.45) is 1.79. The molecule has 0 aliphatic heterocycles. The molecular weight excluding hydrogens is 204 g/mol. The van der Waals surface area contributed by atoms with Gasteiger partial charge in [0.25, 0.3) is 0 Å². The van der Waals surface area contributed by atoms with E-state index in [1.165, 1.54) is 25.5 Å².